The predicted molar refractivity (Wildman–Crippen MR) is 69.1 cm³/mol. The quantitative estimate of drug-likeness (QED) is 0.659. The highest BCUT2D eigenvalue weighted by Crippen LogP contribution is 2.22. The van der Waals surface area contributed by atoms with E-state index in [9.17, 15) is 28.5 Å². The van der Waals surface area contributed by atoms with E-state index in [1.54, 1.807) is 0 Å². The van der Waals surface area contributed by atoms with Crippen molar-refractivity contribution in [1.29, 1.82) is 0 Å². The van der Waals surface area contributed by atoms with E-state index in [-0.39, 0.29) is 11.4 Å². The first-order valence-electron chi connectivity index (χ1n) is 5.47. The van der Waals surface area contributed by atoms with Gasteiger partial charge in [0.25, 0.3) is 5.91 Å². The van der Waals surface area contributed by atoms with Crippen LogP contribution >= 0.6 is 11.3 Å². The van der Waals surface area contributed by atoms with Crippen LogP contribution in [0.3, 0.4) is 0 Å². The van der Waals surface area contributed by atoms with Gasteiger partial charge in [-0.05, 0) is 6.07 Å². The van der Waals surface area contributed by atoms with Gasteiger partial charge in [-0.1, -0.05) is 11.3 Å². The SMILES string of the molecule is O=C(NCc1csc(=O)[nH]1)c1c(F)ccc([N+](=O)[O-])c1F. The summed E-state index contributed by atoms with van der Waals surface area (Å²) in [7, 11) is 0. The molecule has 0 aliphatic rings. The highest BCUT2D eigenvalue weighted by atomic mass is 32.1. The van der Waals surface area contributed by atoms with Crippen molar-refractivity contribution in [3.63, 3.8) is 0 Å². The number of aromatic nitrogens is 1. The molecule has 0 saturated heterocycles. The van der Waals surface area contributed by atoms with Crippen LogP contribution < -0.4 is 10.2 Å². The highest BCUT2D eigenvalue weighted by Gasteiger charge is 2.26. The van der Waals surface area contributed by atoms with Crippen LogP contribution in [0.4, 0.5) is 14.5 Å². The lowest BCUT2D eigenvalue weighted by atomic mass is 10.1. The van der Waals surface area contributed by atoms with E-state index < -0.39 is 33.7 Å². The van der Waals surface area contributed by atoms with Crippen LogP contribution in [-0.4, -0.2) is 15.8 Å². The van der Waals surface area contributed by atoms with E-state index in [2.05, 4.69) is 10.3 Å². The first kappa shape index (κ1) is 14.8. The highest BCUT2D eigenvalue weighted by molar-refractivity contribution is 7.07. The van der Waals surface area contributed by atoms with E-state index in [0.717, 1.165) is 11.3 Å². The van der Waals surface area contributed by atoms with Crippen molar-refractivity contribution in [3.05, 3.63) is 60.2 Å². The molecule has 1 aromatic heterocycles. The molecule has 0 spiro atoms. The number of rotatable bonds is 4. The fourth-order valence-corrected chi connectivity index (χ4v) is 2.14. The summed E-state index contributed by atoms with van der Waals surface area (Å²) in [5, 5.41) is 14.2. The molecule has 1 amide bonds. The van der Waals surface area contributed by atoms with Crippen LogP contribution in [0.25, 0.3) is 0 Å². The van der Waals surface area contributed by atoms with Gasteiger partial charge in [0.1, 0.15) is 11.4 Å². The zero-order valence-electron chi connectivity index (χ0n) is 10.2. The van der Waals surface area contributed by atoms with Gasteiger partial charge < -0.3 is 10.3 Å². The van der Waals surface area contributed by atoms with Crippen LogP contribution in [0, 0.1) is 21.7 Å². The Labute approximate surface area is 119 Å². The lowest BCUT2D eigenvalue weighted by molar-refractivity contribution is -0.387. The summed E-state index contributed by atoms with van der Waals surface area (Å²) < 4.78 is 27.3. The number of hydrogen-bond acceptors (Lipinski definition) is 5. The number of amides is 1. The van der Waals surface area contributed by atoms with Crippen LogP contribution in [0.5, 0.6) is 0 Å². The van der Waals surface area contributed by atoms with Crippen LogP contribution in [0.1, 0.15) is 16.1 Å². The van der Waals surface area contributed by atoms with Gasteiger partial charge >= 0.3 is 10.6 Å². The molecule has 2 N–H and O–H groups in total. The number of benzene rings is 1. The third-order valence-corrected chi connectivity index (χ3v) is 3.22. The Bertz CT molecular complexity index is 771. The summed E-state index contributed by atoms with van der Waals surface area (Å²) in [6, 6.07) is 1.28. The molecule has 0 atom stereocenters. The van der Waals surface area contributed by atoms with E-state index in [1.165, 1.54) is 5.38 Å². The first-order chi connectivity index (χ1) is 9.90. The number of nitrogens with zero attached hydrogens (tertiary/aromatic N) is 1. The predicted octanol–water partition coefficient (Wildman–Crippen LogP) is 1.55. The summed E-state index contributed by atoms with van der Waals surface area (Å²) in [4.78, 5) is 34.2. The van der Waals surface area contributed by atoms with Gasteiger partial charge in [-0.2, -0.15) is 4.39 Å². The van der Waals surface area contributed by atoms with Gasteiger partial charge in [0, 0.05) is 17.1 Å². The smallest absolute Gasteiger partial charge is 0.305 e. The molecule has 0 radical (unpaired) electrons. The molecule has 0 unspecified atom stereocenters. The van der Waals surface area contributed by atoms with Gasteiger partial charge in [-0.15, -0.1) is 0 Å². The van der Waals surface area contributed by atoms with Crippen molar-refractivity contribution < 1.29 is 18.5 Å². The molecule has 0 aliphatic heterocycles. The fourth-order valence-electron chi connectivity index (χ4n) is 1.56. The van der Waals surface area contributed by atoms with E-state index >= 15 is 0 Å². The zero-order valence-corrected chi connectivity index (χ0v) is 11.0. The molecule has 7 nitrogen and oxygen atoms in total. The molecule has 10 heteroatoms. The van der Waals surface area contributed by atoms with Crippen molar-refractivity contribution in [2.75, 3.05) is 0 Å². The van der Waals surface area contributed by atoms with Crippen LogP contribution in [-0.2, 0) is 6.54 Å². The van der Waals surface area contributed by atoms with Crippen molar-refractivity contribution in [1.82, 2.24) is 10.3 Å². The second kappa shape index (κ2) is 5.79. The molecule has 0 saturated carbocycles. The number of H-pyrrole nitrogens is 1. The maximum absolute atomic E-state index is 13.8. The normalized spacial score (nSPS) is 10.4. The number of hydrogen-bond donors (Lipinski definition) is 2. The van der Waals surface area contributed by atoms with Crippen molar-refractivity contribution in [3.8, 4) is 0 Å². The summed E-state index contributed by atoms with van der Waals surface area (Å²) in [5.74, 6) is -3.91. The zero-order chi connectivity index (χ0) is 15.6. The van der Waals surface area contributed by atoms with Gasteiger partial charge in [0.2, 0.25) is 5.82 Å². The monoisotopic (exact) mass is 315 g/mol. The van der Waals surface area contributed by atoms with Crippen LogP contribution in [0.2, 0.25) is 0 Å². The molecule has 110 valence electrons. The Morgan fingerprint density at radius 3 is 2.71 bits per heavy atom. The second-order valence-electron chi connectivity index (χ2n) is 3.87. The average Bonchev–Trinajstić information content (AvgIpc) is 2.82. The molecule has 0 bridgehead atoms. The van der Waals surface area contributed by atoms with Gasteiger partial charge in [-0.25, -0.2) is 4.39 Å². The lowest BCUT2D eigenvalue weighted by Gasteiger charge is -2.06. The topological polar surface area (TPSA) is 105 Å². The Morgan fingerprint density at radius 2 is 2.14 bits per heavy atom. The standard InChI is InChI=1S/C11H7F2N3O4S/c12-6-1-2-7(16(19)20)9(13)8(6)10(17)14-3-5-4-21-11(18)15-5/h1-2,4H,3H2,(H,14,17)(H,15,18). The molecule has 21 heavy (non-hydrogen) atoms. The average molecular weight is 315 g/mol. The molecule has 0 fully saturated rings. The Morgan fingerprint density at radius 1 is 1.43 bits per heavy atom. The molecule has 1 heterocycles. The number of thiazole rings is 1. The number of aromatic amines is 1. The van der Waals surface area contributed by atoms with E-state index in [1.807, 2.05) is 0 Å². The van der Waals surface area contributed by atoms with E-state index in [0.29, 0.717) is 17.8 Å². The fraction of sp³-hybridized carbons (Fsp3) is 0.0909. The third-order valence-electron chi connectivity index (χ3n) is 2.50. The van der Waals surface area contributed by atoms with E-state index in [4.69, 9.17) is 0 Å². The Kier molecular flexibility index (Phi) is 4.08. The number of nitro groups is 1. The number of carbonyl (C=O) groups excluding carboxylic acids is 1. The third kappa shape index (κ3) is 3.11. The van der Waals surface area contributed by atoms with Gasteiger partial charge in [0.05, 0.1) is 11.5 Å². The first-order valence-corrected chi connectivity index (χ1v) is 6.35. The summed E-state index contributed by atoms with van der Waals surface area (Å²) in [6.07, 6.45) is 0. The summed E-state index contributed by atoms with van der Waals surface area (Å²) >= 11 is 0.865. The minimum Gasteiger partial charge on any atom is -0.346 e. The summed E-state index contributed by atoms with van der Waals surface area (Å²) in [6.45, 7) is -0.168. The van der Waals surface area contributed by atoms with Crippen LogP contribution in [0.15, 0.2) is 22.3 Å². The minimum atomic E-state index is -1.55. The van der Waals surface area contributed by atoms with Crippen molar-refractivity contribution in [2.24, 2.45) is 0 Å². The maximum Gasteiger partial charge on any atom is 0.305 e. The Hall–Kier alpha value is -2.62. The Balaban J connectivity index is 2.24. The largest absolute Gasteiger partial charge is 0.346 e. The lowest BCUT2D eigenvalue weighted by Crippen LogP contribution is -2.25. The molecule has 2 rings (SSSR count). The number of carbonyl (C=O) groups is 1. The number of nitro benzene ring substituents is 1. The molecule has 1 aromatic carbocycles. The maximum atomic E-state index is 13.8. The van der Waals surface area contributed by atoms with Gasteiger partial charge in [0.15, 0.2) is 0 Å². The second-order valence-corrected chi connectivity index (χ2v) is 4.71. The van der Waals surface area contributed by atoms with Crippen molar-refractivity contribution >= 4 is 22.9 Å². The number of halogens is 2. The van der Waals surface area contributed by atoms with Crippen molar-refractivity contribution in [2.45, 2.75) is 6.54 Å². The van der Waals surface area contributed by atoms with Gasteiger partial charge in [-0.3, -0.25) is 19.7 Å². The number of nitrogens with one attached hydrogen (secondary N) is 2. The summed E-state index contributed by atoms with van der Waals surface area (Å²) in [5.41, 5.74) is -1.68. The minimum absolute atomic E-state index is 0.168. The molecule has 2 aromatic rings. The molecule has 0 aliphatic carbocycles. The molecular weight excluding hydrogens is 308 g/mol. The molecular formula is C11H7F2N3O4S.